The molecule has 0 unspecified atom stereocenters. The van der Waals surface area contributed by atoms with Crippen LogP contribution in [0.1, 0.15) is 5.69 Å². The number of rotatable bonds is 3. The number of halogens is 1. The normalized spacial score (nSPS) is 10.8. The van der Waals surface area contributed by atoms with Gasteiger partial charge < -0.3 is 4.98 Å². The van der Waals surface area contributed by atoms with E-state index in [-0.39, 0.29) is 5.03 Å². The van der Waals surface area contributed by atoms with Crippen molar-refractivity contribution in [3.63, 3.8) is 0 Å². The standard InChI is InChI=1S/C13H9ClN4O/c14-12(13(19)18-8-15)6-11-5-10(7-17-11)9-1-3-16-4-2-9/h1-7,17H,(H,18,19). The van der Waals surface area contributed by atoms with Crippen LogP contribution in [-0.4, -0.2) is 15.9 Å². The number of aromatic amines is 1. The van der Waals surface area contributed by atoms with Gasteiger partial charge in [-0.25, -0.2) is 0 Å². The highest BCUT2D eigenvalue weighted by atomic mass is 35.5. The van der Waals surface area contributed by atoms with E-state index >= 15 is 0 Å². The summed E-state index contributed by atoms with van der Waals surface area (Å²) in [7, 11) is 0. The van der Waals surface area contributed by atoms with Gasteiger partial charge >= 0.3 is 0 Å². The van der Waals surface area contributed by atoms with Crippen molar-refractivity contribution in [2.45, 2.75) is 0 Å². The van der Waals surface area contributed by atoms with Gasteiger partial charge in [-0.05, 0) is 35.4 Å². The van der Waals surface area contributed by atoms with Crippen LogP contribution in [0.25, 0.3) is 17.2 Å². The van der Waals surface area contributed by atoms with Gasteiger partial charge in [0.25, 0.3) is 5.91 Å². The van der Waals surface area contributed by atoms with Crippen molar-refractivity contribution in [2.75, 3.05) is 0 Å². The van der Waals surface area contributed by atoms with Crippen LogP contribution >= 0.6 is 11.6 Å². The fourth-order valence-corrected chi connectivity index (χ4v) is 1.68. The quantitative estimate of drug-likeness (QED) is 0.511. The molecule has 0 aromatic carbocycles. The molecule has 0 saturated heterocycles. The summed E-state index contributed by atoms with van der Waals surface area (Å²) in [4.78, 5) is 18.2. The van der Waals surface area contributed by atoms with Crippen LogP contribution in [-0.2, 0) is 4.79 Å². The number of carbonyl (C=O) groups excluding carboxylic acids is 1. The van der Waals surface area contributed by atoms with Crippen molar-refractivity contribution in [3.8, 4) is 17.3 Å². The lowest BCUT2D eigenvalue weighted by Gasteiger charge is -1.94. The van der Waals surface area contributed by atoms with E-state index in [1.165, 1.54) is 12.3 Å². The number of nitrogens with zero attached hydrogens (tertiary/aromatic N) is 2. The van der Waals surface area contributed by atoms with Crippen molar-refractivity contribution in [2.24, 2.45) is 0 Å². The molecular weight excluding hydrogens is 264 g/mol. The second-order valence-electron chi connectivity index (χ2n) is 3.64. The minimum Gasteiger partial charge on any atom is -0.361 e. The maximum absolute atomic E-state index is 11.3. The lowest BCUT2D eigenvalue weighted by molar-refractivity contribution is -0.115. The third-order valence-electron chi connectivity index (χ3n) is 2.39. The molecule has 0 atom stereocenters. The number of hydrogen-bond donors (Lipinski definition) is 2. The monoisotopic (exact) mass is 272 g/mol. The molecule has 5 nitrogen and oxygen atoms in total. The van der Waals surface area contributed by atoms with Crippen LogP contribution in [0.15, 0.2) is 41.8 Å². The molecule has 94 valence electrons. The van der Waals surface area contributed by atoms with Crippen LogP contribution in [0, 0.1) is 11.5 Å². The van der Waals surface area contributed by atoms with Gasteiger partial charge in [-0.3, -0.25) is 15.1 Å². The van der Waals surface area contributed by atoms with Crippen molar-refractivity contribution in [1.82, 2.24) is 15.3 Å². The summed E-state index contributed by atoms with van der Waals surface area (Å²) in [5.41, 5.74) is 2.63. The Hall–Kier alpha value is -2.58. The number of carbonyl (C=O) groups is 1. The summed E-state index contributed by atoms with van der Waals surface area (Å²) in [6, 6.07) is 5.60. The zero-order valence-corrected chi connectivity index (χ0v) is 10.5. The van der Waals surface area contributed by atoms with E-state index in [1.807, 2.05) is 23.5 Å². The summed E-state index contributed by atoms with van der Waals surface area (Å²) in [5, 5.41) is 10.2. The van der Waals surface area contributed by atoms with Crippen molar-refractivity contribution >= 4 is 23.6 Å². The molecule has 0 bridgehead atoms. The largest absolute Gasteiger partial charge is 0.361 e. The molecule has 6 heteroatoms. The Morgan fingerprint density at radius 3 is 2.84 bits per heavy atom. The number of hydrogen-bond acceptors (Lipinski definition) is 3. The molecule has 0 spiro atoms. The summed E-state index contributed by atoms with van der Waals surface area (Å²) in [5.74, 6) is -0.635. The average Bonchev–Trinajstić information content (AvgIpc) is 2.88. The van der Waals surface area contributed by atoms with E-state index in [1.54, 1.807) is 18.6 Å². The summed E-state index contributed by atoms with van der Waals surface area (Å²) in [6.07, 6.45) is 8.18. The van der Waals surface area contributed by atoms with Crippen molar-refractivity contribution in [3.05, 3.63) is 47.5 Å². The zero-order chi connectivity index (χ0) is 13.7. The lowest BCUT2D eigenvalue weighted by atomic mass is 10.1. The number of nitriles is 1. The van der Waals surface area contributed by atoms with Crippen LogP contribution < -0.4 is 5.32 Å². The maximum atomic E-state index is 11.3. The Kier molecular flexibility index (Phi) is 3.96. The van der Waals surface area contributed by atoms with Gasteiger partial charge in [0.2, 0.25) is 0 Å². The molecule has 0 aliphatic rings. The van der Waals surface area contributed by atoms with Crippen LogP contribution in [0.4, 0.5) is 0 Å². The third kappa shape index (κ3) is 3.21. The number of pyridine rings is 1. The summed E-state index contributed by atoms with van der Waals surface area (Å²) >= 11 is 5.77. The molecule has 0 saturated carbocycles. The van der Waals surface area contributed by atoms with Crippen LogP contribution in [0.5, 0.6) is 0 Å². The Balaban J connectivity index is 2.21. The first-order valence-electron chi connectivity index (χ1n) is 5.36. The summed E-state index contributed by atoms with van der Waals surface area (Å²) < 4.78 is 0. The molecule has 0 fully saturated rings. The zero-order valence-electron chi connectivity index (χ0n) is 9.72. The Labute approximate surface area is 114 Å². The fourth-order valence-electron chi connectivity index (χ4n) is 1.52. The topological polar surface area (TPSA) is 81.6 Å². The molecule has 0 aliphatic heterocycles. The average molecular weight is 273 g/mol. The van der Waals surface area contributed by atoms with Gasteiger partial charge in [0, 0.05) is 24.3 Å². The van der Waals surface area contributed by atoms with E-state index in [9.17, 15) is 4.79 Å². The van der Waals surface area contributed by atoms with Gasteiger partial charge in [0.05, 0.1) is 0 Å². The van der Waals surface area contributed by atoms with Crippen molar-refractivity contribution in [1.29, 1.82) is 5.26 Å². The highest BCUT2D eigenvalue weighted by Gasteiger charge is 2.06. The highest BCUT2D eigenvalue weighted by Crippen LogP contribution is 2.20. The predicted octanol–water partition coefficient (Wildman–Crippen LogP) is 2.25. The highest BCUT2D eigenvalue weighted by molar-refractivity contribution is 6.44. The number of H-pyrrole nitrogens is 1. The molecule has 19 heavy (non-hydrogen) atoms. The van der Waals surface area contributed by atoms with Gasteiger partial charge in [0.1, 0.15) is 5.03 Å². The predicted molar refractivity (Wildman–Crippen MR) is 71.6 cm³/mol. The van der Waals surface area contributed by atoms with Crippen LogP contribution in [0.3, 0.4) is 0 Å². The third-order valence-corrected chi connectivity index (χ3v) is 2.67. The number of aromatic nitrogens is 2. The number of nitrogens with one attached hydrogen (secondary N) is 2. The Morgan fingerprint density at radius 2 is 2.16 bits per heavy atom. The van der Waals surface area contributed by atoms with E-state index in [0.717, 1.165) is 11.1 Å². The Morgan fingerprint density at radius 1 is 1.42 bits per heavy atom. The van der Waals surface area contributed by atoms with Gasteiger partial charge in [0.15, 0.2) is 6.19 Å². The molecule has 2 N–H and O–H groups in total. The summed E-state index contributed by atoms with van der Waals surface area (Å²) in [6.45, 7) is 0. The molecule has 0 radical (unpaired) electrons. The van der Waals surface area contributed by atoms with E-state index in [2.05, 4.69) is 9.97 Å². The maximum Gasteiger partial charge on any atom is 0.275 e. The van der Waals surface area contributed by atoms with Gasteiger partial charge in [-0.2, -0.15) is 5.26 Å². The molecule has 1 amide bonds. The molecular formula is C13H9ClN4O. The number of amides is 1. The SMILES string of the molecule is N#CNC(=O)C(Cl)=Cc1cc(-c2ccncc2)c[nH]1. The fraction of sp³-hybridized carbons (Fsp3) is 0. The molecule has 0 aliphatic carbocycles. The van der Waals surface area contributed by atoms with E-state index < -0.39 is 5.91 Å². The molecule has 2 aromatic heterocycles. The minimum absolute atomic E-state index is 0.0651. The smallest absolute Gasteiger partial charge is 0.275 e. The van der Waals surface area contributed by atoms with E-state index in [0.29, 0.717) is 5.69 Å². The Bertz CT molecular complexity index is 655. The first-order valence-corrected chi connectivity index (χ1v) is 5.74. The van der Waals surface area contributed by atoms with Crippen LogP contribution in [0.2, 0.25) is 0 Å². The first-order chi connectivity index (χ1) is 9.20. The second kappa shape index (κ2) is 5.85. The minimum atomic E-state index is -0.635. The van der Waals surface area contributed by atoms with Gasteiger partial charge in [-0.15, -0.1) is 0 Å². The second-order valence-corrected chi connectivity index (χ2v) is 4.04. The lowest BCUT2D eigenvalue weighted by Crippen LogP contribution is -2.16. The molecule has 2 aromatic rings. The van der Waals surface area contributed by atoms with Gasteiger partial charge in [-0.1, -0.05) is 11.6 Å². The first kappa shape index (κ1) is 12.9. The van der Waals surface area contributed by atoms with Crippen molar-refractivity contribution < 1.29 is 4.79 Å². The van der Waals surface area contributed by atoms with E-state index in [4.69, 9.17) is 16.9 Å². The molecule has 2 rings (SSSR count). The molecule has 2 heterocycles.